The number of rotatable bonds is 3. The lowest BCUT2D eigenvalue weighted by Gasteiger charge is -2.40. The first-order chi connectivity index (χ1) is 7.26. The summed E-state index contributed by atoms with van der Waals surface area (Å²) in [5.74, 6) is 2.05. The van der Waals surface area contributed by atoms with Gasteiger partial charge in [0, 0.05) is 0 Å². The first kappa shape index (κ1) is 11.2. The highest BCUT2D eigenvalue weighted by Crippen LogP contribution is 2.47. The highest BCUT2D eigenvalue weighted by Gasteiger charge is 2.43. The van der Waals surface area contributed by atoms with Crippen LogP contribution in [0.4, 0.5) is 0 Å². The van der Waals surface area contributed by atoms with Crippen LogP contribution in [-0.2, 0) is 0 Å². The summed E-state index contributed by atoms with van der Waals surface area (Å²) in [6.07, 6.45) is 12.6. The van der Waals surface area contributed by atoms with Crippen LogP contribution in [0.3, 0.4) is 0 Å². The van der Waals surface area contributed by atoms with Crippen molar-refractivity contribution in [2.45, 2.75) is 63.4 Å². The molecule has 1 nitrogen and oxygen atoms in total. The van der Waals surface area contributed by atoms with Crippen LogP contribution < -0.4 is 0 Å². The maximum atomic E-state index is 10.7. The van der Waals surface area contributed by atoms with Gasteiger partial charge < -0.3 is 5.11 Å². The fraction of sp³-hybridized carbons (Fsp3) is 0.786. The van der Waals surface area contributed by atoms with Crippen molar-refractivity contribution in [1.29, 1.82) is 0 Å². The first-order valence-corrected chi connectivity index (χ1v) is 6.44. The molecular formula is C14H23O. The molecule has 2 aliphatic rings. The molecule has 85 valence electrons. The Balaban J connectivity index is 2.05. The van der Waals surface area contributed by atoms with Crippen LogP contribution in [0.25, 0.3) is 0 Å². The van der Waals surface area contributed by atoms with Gasteiger partial charge in [-0.05, 0) is 43.9 Å². The molecule has 2 saturated carbocycles. The standard InChI is InChI=1S/C14H23O/c1-2-7-12-8-3-4-9-13(12)14(15)10-5-6-11-14/h2,13,15H,1,3-11H2. The van der Waals surface area contributed by atoms with Gasteiger partial charge in [-0.1, -0.05) is 31.8 Å². The molecule has 0 aliphatic heterocycles. The SMILES string of the molecule is C=CC[C]1CCCCC1C1(O)CCCC1. The zero-order valence-corrected chi connectivity index (χ0v) is 9.67. The van der Waals surface area contributed by atoms with Crippen molar-refractivity contribution in [3.8, 4) is 0 Å². The Morgan fingerprint density at radius 1 is 1.27 bits per heavy atom. The second-order valence-electron chi connectivity index (χ2n) is 5.26. The van der Waals surface area contributed by atoms with Crippen LogP contribution in [0.15, 0.2) is 12.7 Å². The van der Waals surface area contributed by atoms with E-state index in [0.29, 0.717) is 5.92 Å². The molecule has 1 heteroatoms. The minimum Gasteiger partial charge on any atom is -0.390 e. The Hall–Kier alpha value is -0.300. The lowest BCUT2D eigenvalue weighted by molar-refractivity contribution is -0.0180. The maximum absolute atomic E-state index is 10.7. The second-order valence-corrected chi connectivity index (χ2v) is 5.26. The summed E-state index contributed by atoms with van der Waals surface area (Å²) in [5.41, 5.74) is -0.348. The summed E-state index contributed by atoms with van der Waals surface area (Å²) < 4.78 is 0. The van der Waals surface area contributed by atoms with E-state index in [2.05, 4.69) is 6.58 Å². The molecule has 0 spiro atoms. The van der Waals surface area contributed by atoms with E-state index in [1.807, 2.05) is 6.08 Å². The van der Waals surface area contributed by atoms with Crippen LogP contribution in [0.1, 0.15) is 57.8 Å². The van der Waals surface area contributed by atoms with E-state index in [1.165, 1.54) is 38.5 Å². The smallest absolute Gasteiger partial charge is 0.0681 e. The Labute approximate surface area is 93.6 Å². The zero-order chi connectivity index (χ0) is 10.7. The van der Waals surface area contributed by atoms with Crippen molar-refractivity contribution in [2.75, 3.05) is 0 Å². The molecule has 2 fully saturated rings. The van der Waals surface area contributed by atoms with E-state index < -0.39 is 0 Å². The van der Waals surface area contributed by atoms with Gasteiger partial charge in [0.2, 0.25) is 0 Å². The lowest BCUT2D eigenvalue weighted by Crippen LogP contribution is -2.40. The molecule has 0 amide bonds. The second kappa shape index (κ2) is 4.69. The van der Waals surface area contributed by atoms with Gasteiger partial charge in [-0.3, -0.25) is 0 Å². The van der Waals surface area contributed by atoms with Gasteiger partial charge in [0.25, 0.3) is 0 Å². The minimum absolute atomic E-state index is 0.348. The molecule has 0 aromatic carbocycles. The summed E-state index contributed by atoms with van der Waals surface area (Å²) in [4.78, 5) is 0. The van der Waals surface area contributed by atoms with E-state index in [9.17, 15) is 5.11 Å². The lowest BCUT2D eigenvalue weighted by atomic mass is 9.68. The molecule has 0 saturated heterocycles. The highest BCUT2D eigenvalue weighted by atomic mass is 16.3. The molecule has 1 N–H and O–H groups in total. The fourth-order valence-electron chi connectivity index (χ4n) is 3.49. The van der Waals surface area contributed by atoms with Crippen molar-refractivity contribution in [1.82, 2.24) is 0 Å². The molecule has 1 radical (unpaired) electrons. The van der Waals surface area contributed by atoms with Gasteiger partial charge in [-0.2, -0.15) is 0 Å². The molecule has 15 heavy (non-hydrogen) atoms. The third kappa shape index (κ3) is 2.28. The topological polar surface area (TPSA) is 20.2 Å². The number of hydrogen-bond acceptors (Lipinski definition) is 1. The van der Waals surface area contributed by atoms with Crippen molar-refractivity contribution in [3.63, 3.8) is 0 Å². The van der Waals surface area contributed by atoms with Crippen molar-refractivity contribution < 1.29 is 5.11 Å². The van der Waals surface area contributed by atoms with Gasteiger partial charge in [-0.25, -0.2) is 0 Å². The van der Waals surface area contributed by atoms with E-state index >= 15 is 0 Å². The summed E-state index contributed by atoms with van der Waals surface area (Å²) in [6.45, 7) is 3.84. The maximum Gasteiger partial charge on any atom is 0.0681 e. The summed E-state index contributed by atoms with van der Waals surface area (Å²) >= 11 is 0. The van der Waals surface area contributed by atoms with Gasteiger partial charge in [0.15, 0.2) is 0 Å². The zero-order valence-electron chi connectivity index (χ0n) is 9.67. The van der Waals surface area contributed by atoms with Gasteiger partial charge in [0.05, 0.1) is 5.60 Å². The summed E-state index contributed by atoms with van der Waals surface area (Å²) in [6, 6.07) is 0. The number of allylic oxidation sites excluding steroid dienone is 1. The van der Waals surface area contributed by atoms with E-state index in [0.717, 1.165) is 19.3 Å². The Bertz CT molecular complexity index is 215. The molecule has 0 heterocycles. The predicted molar refractivity (Wildman–Crippen MR) is 63.4 cm³/mol. The molecule has 2 aliphatic carbocycles. The van der Waals surface area contributed by atoms with E-state index in [-0.39, 0.29) is 5.60 Å². The molecular weight excluding hydrogens is 184 g/mol. The Morgan fingerprint density at radius 2 is 2.00 bits per heavy atom. The van der Waals surface area contributed by atoms with E-state index in [4.69, 9.17) is 0 Å². The number of hydrogen-bond donors (Lipinski definition) is 1. The summed E-state index contributed by atoms with van der Waals surface area (Å²) in [7, 11) is 0. The van der Waals surface area contributed by atoms with Crippen molar-refractivity contribution in [3.05, 3.63) is 18.6 Å². The molecule has 2 rings (SSSR count). The summed E-state index contributed by atoms with van der Waals surface area (Å²) in [5, 5.41) is 10.7. The van der Waals surface area contributed by atoms with Crippen LogP contribution in [0.2, 0.25) is 0 Å². The van der Waals surface area contributed by atoms with Gasteiger partial charge >= 0.3 is 0 Å². The normalized spacial score (nSPS) is 31.7. The minimum atomic E-state index is -0.348. The van der Waals surface area contributed by atoms with Crippen LogP contribution in [-0.4, -0.2) is 10.7 Å². The van der Waals surface area contributed by atoms with Crippen LogP contribution >= 0.6 is 0 Å². The molecule has 0 aromatic heterocycles. The van der Waals surface area contributed by atoms with Crippen LogP contribution in [0, 0.1) is 11.8 Å². The van der Waals surface area contributed by atoms with Crippen LogP contribution in [0.5, 0.6) is 0 Å². The average Bonchev–Trinajstić information content (AvgIpc) is 2.68. The van der Waals surface area contributed by atoms with Crippen molar-refractivity contribution >= 4 is 0 Å². The average molecular weight is 207 g/mol. The largest absolute Gasteiger partial charge is 0.390 e. The Morgan fingerprint density at radius 3 is 2.67 bits per heavy atom. The molecule has 0 bridgehead atoms. The predicted octanol–water partition coefficient (Wildman–Crippen LogP) is 3.63. The molecule has 0 aromatic rings. The van der Waals surface area contributed by atoms with Gasteiger partial charge in [-0.15, -0.1) is 6.58 Å². The monoisotopic (exact) mass is 207 g/mol. The third-order valence-electron chi connectivity index (χ3n) is 4.26. The fourth-order valence-corrected chi connectivity index (χ4v) is 3.49. The third-order valence-corrected chi connectivity index (χ3v) is 4.26. The Kier molecular flexibility index (Phi) is 3.50. The first-order valence-electron chi connectivity index (χ1n) is 6.44. The molecule has 1 atom stereocenters. The van der Waals surface area contributed by atoms with Gasteiger partial charge in [0.1, 0.15) is 0 Å². The number of aliphatic hydroxyl groups is 1. The van der Waals surface area contributed by atoms with E-state index in [1.54, 1.807) is 5.92 Å². The highest BCUT2D eigenvalue weighted by molar-refractivity contribution is 5.11. The molecule has 1 unspecified atom stereocenters. The quantitative estimate of drug-likeness (QED) is 0.701. The van der Waals surface area contributed by atoms with Crippen molar-refractivity contribution in [2.24, 2.45) is 5.92 Å².